The maximum Gasteiger partial charge on any atom is 0.295 e. The highest BCUT2D eigenvalue weighted by Crippen LogP contribution is 2.40. The average Bonchev–Trinajstić information content (AvgIpc) is 3.23. The van der Waals surface area contributed by atoms with Crippen LogP contribution in [0, 0.1) is 13.8 Å². The van der Waals surface area contributed by atoms with Gasteiger partial charge in [0, 0.05) is 36.9 Å². The maximum absolute atomic E-state index is 13.1. The number of amides is 1. The van der Waals surface area contributed by atoms with Crippen molar-refractivity contribution in [3.8, 4) is 0 Å². The van der Waals surface area contributed by atoms with Crippen LogP contribution in [0.2, 0.25) is 5.02 Å². The zero-order chi connectivity index (χ0) is 22.1. The van der Waals surface area contributed by atoms with Crippen molar-refractivity contribution >= 4 is 29.1 Å². The minimum Gasteiger partial charge on any atom is -0.507 e. The highest BCUT2D eigenvalue weighted by molar-refractivity contribution is 6.46. The minimum absolute atomic E-state index is 0.0573. The lowest BCUT2D eigenvalue weighted by Gasteiger charge is -2.31. The molecule has 2 aliphatic heterocycles. The molecule has 2 aliphatic rings. The fourth-order valence-electron chi connectivity index (χ4n) is 4.24. The van der Waals surface area contributed by atoms with Crippen molar-refractivity contribution in [3.63, 3.8) is 0 Å². The molecule has 0 radical (unpaired) electrons. The molecule has 4 rings (SSSR count). The molecule has 8 nitrogen and oxygen atoms in total. The Balaban J connectivity index is 1.77. The number of rotatable bonds is 5. The van der Waals surface area contributed by atoms with Crippen LogP contribution < -0.4 is 0 Å². The van der Waals surface area contributed by atoms with Gasteiger partial charge in [0.2, 0.25) is 0 Å². The Bertz CT molecular complexity index is 1020. The van der Waals surface area contributed by atoms with Crippen molar-refractivity contribution in [1.29, 1.82) is 0 Å². The number of Topliss-reactive ketones (excluding diaryl/α,β-unsaturated/α-hetero) is 1. The predicted molar refractivity (Wildman–Crippen MR) is 116 cm³/mol. The molecule has 1 aromatic heterocycles. The molecule has 2 aromatic rings. The SMILES string of the molecule is Cc1n[nH]c(C)c1/C(O)=C1\C(=O)C(=O)N(CCN2CCOCC2)[C@H]1c1cccc(Cl)c1. The number of nitrogens with zero attached hydrogens (tertiary/aromatic N) is 3. The Labute approximate surface area is 185 Å². The minimum atomic E-state index is -0.728. The summed E-state index contributed by atoms with van der Waals surface area (Å²) in [4.78, 5) is 29.8. The molecule has 1 atom stereocenters. The Kier molecular flexibility index (Phi) is 6.13. The number of aryl methyl sites for hydroxylation is 2. The fraction of sp³-hybridized carbons (Fsp3) is 0.409. The summed E-state index contributed by atoms with van der Waals surface area (Å²) in [5.74, 6) is -1.55. The van der Waals surface area contributed by atoms with Crippen LogP contribution in [0.25, 0.3) is 5.76 Å². The Morgan fingerprint density at radius 3 is 2.65 bits per heavy atom. The molecule has 0 saturated carbocycles. The molecular weight excluding hydrogens is 420 g/mol. The third-order valence-electron chi connectivity index (χ3n) is 5.83. The van der Waals surface area contributed by atoms with Crippen LogP contribution in [0.15, 0.2) is 29.8 Å². The van der Waals surface area contributed by atoms with Crippen molar-refractivity contribution in [2.75, 3.05) is 39.4 Å². The average molecular weight is 445 g/mol. The summed E-state index contributed by atoms with van der Waals surface area (Å²) in [6, 6.07) is 6.31. The lowest BCUT2D eigenvalue weighted by molar-refractivity contribution is -0.140. The number of aliphatic hydroxyl groups is 1. The number of halogens is 1. The summed E-state index contributed by atoms with van der Waals surface area (Å²) in [5, 5.41) is 18.6. The number of nitrogens with one attached hydrogen (secondary N) is 1. The van der Waals surface area contributed by atoms with E-state index >= 15 is 0 Å². The van der Waals surface area contributed by atoms with Gasteiger partial charge in [-0.3, -0.25) is 19.6 Å². The van der Waals surface area contributed by atoms with Gasteiger partial charge in [0.05, 0.1) is 36.1 Å². The Morgan fingerprint density at radius 1 is 1.26 bits per heavy atom. The summed E-state index contributed by atoms with van der Waals surface area (Å²) in [5.41, 5.74) is 2.35. The molecule has 0 bridgehead atoms. The van der Waals surface area contributed by atoms with Gasteiger partial charge in [-0.15, -0.1) is 0 Å². The first-order valence-corrected chi connectivity index (χ1v) is 10.6. The number of morpholine rings is 1. The van der Waals surface area contributed by atoms with Gasteiger partial charge in [-0.05, 0) is 31.5 Å². The topological polar surface area (TPSA) is 98.8 Å². The fourth-order valence-corrected chi connectivity index (χ4v) is 4.44. The first kappa shape index (κ1) is 21.5. The Hall–Kier alpha value is -2.68. The van der Waals surface area contributed by atoms with E-state index in [1.165, 1.54) is 4.90 Å². The first-order valence-electron chi connectivity index (χ1n) is 10.2. The van der Waals surface area contributed by atoms with E-state index < -0.39 is 17.7 Å². The summed E-state index contributed by atoms with van der Waals surface area (Å²) in [6.07, 6.45) is 0. The number of hydrogen-bond acceptors (Lipinski definition) is 6. The van der Waals surface area contributed by atoms with E-state index in [4.69, 9.17) is 16.3 Å². The second-order valence-corrected chi connectivity index (χ2v) is 8.25. The standard InChI is InChI=1S/C22H25ClN4O4/c1-13-17(14(2)25-24-13)20(28)18-19(15-4-3-5-16(23)12-15)27(22(30)21(18)29)7-6-26-8-10-31-11-9-26/h3-5,12,19,28H,6-11H2,1-2H3,(H,24,25)/b20-18+/t19-/m0/s1. The molecule has 164 valence electrons. The summed E-state index contributed by atoms with van der Waals surface area (Å²) in [7, 11) is 0. The third kappa shape index (κ3) is 4.11. The van der Waals surface area contributed by atoms with Crippen molar-refractivity contribution in [1.82, 2.24) is 20.0 Å². The summed E-state index contributed by atoms with van der Waals surface area (Å²) < 4.78 is 5.39. The van der Waals surface area contributed by atoms with Crippen LogP contribution in [0.1, 0.15) is 28.6 Å². The van der Waals surface area contributed by atoms with Gasteiger partial charge in [0.25, 0.3) is 11.7 Å². The summed E-state index contributed by atoms with van der Waals surface area (Å²) in [6.45, 7) is 7.31. The number of aromatic nitrogens is 2. The van der Waals surface area contributed by atoms with E-state index in [0.717, 1.165) is 13.1 Å². The molecule has 2 fully saturated rings. The number of aliphatic hydroxyl groups excluding tert-OH is 1. The van der Waals surface area contributed by atoms with Crippen molar-refractivity contribution in [2.24, 2.45) is 0 Å². The third-order valence-corrected chi connectivity index (χ3v) is 6.07. The molecule has 2 N–H and O–H groups in total. The van der Waals surface area contributed by atoms with Crippen LogP contribution >= 0.6 is 11.6 Å². The molecule has 0 aliphatic carbocycles. The van der Waals surface area contributed by atoms with Gasteiger partial charge in [-0.2, -0.15) is 5.10 Å². The van der Waals surface area contributed by atoms with Crippen LogP contribution in [-0.4, -0.2) is 76.2 Å². The molecule has 0 spiro atoms. The second-order valence-electron chi connectivity index (χ2n) is 7.81. The molecule has 2 saturated heterocycles. The van der Waals surface area contributed by atoms with E-state index in [0.29, 0.717) is 53.8 Å². The number of likely N-dealkylation sites (tertiary alicyclic amines) is 1. The van der Waals surface area contributed by atoms with Gasteiger partial charge in [0.15, 0.2) is 0 Å². The van der Waals surface area contributed by atoms with Crippen molar-refractivity contribution in [3.05, 3.63) is 57.4 Å². The number of hydrogen-bond donors (Lipinski definition) is 2. The molecule has 1 amide bonds. The molecular formula is C22H25ClN4O4. The van der Waals surface area contributed by atoms with E-state index in [1.54, 1.807) is 32.0 Å². The zero-order valence-corrected chi connectivity index (χ0v) is 18.3. The van der Waals surface area contributed by atoms with Crippen LogP contribution in [0.4, 0.5) is 0 Å². The molecule has 31 heavy (non-hydrogen) atoms. The van der Waals surface area contributed by atoms with Crippen LogP contribution in [0.3, 0.4) is 0 Å². The second kappa shape index (κ2) is 8.82. The summed E-state index contributed by atoms with van der Waals surface area (Å²) >= 11 is 6.22. The number of benzene rings is 1. The van der Waals surface area contributed by atoms with E-state index in [1.807, 2.05) is 6.07 Å². The number of ketones is 1. The van der Waals surface area contributed by atoms with E-state index in [-0.39, 0.29) is 11.3 Å². The Morgan fingerprint density at radius 2 is 2.00 bits per heavy atom. The first-order chi connectivity index (χ1) is 14.9. The normalized spacial score (nSPS) is 21.8. The molecule has 0 unspecified atom stereocenters. The highest BCUT2D eigenvalue weighted by Gasteiger charge is 2.46. The number of aromatic amines is 1. The number of ether oxygens (including phenoxy) is 1. The van der Waals surface area contributed by atoms with Gasteiger partial charge in [-0.25, -0.2) is 0 Å². The van der Waals surface area contributed by atoms with Gasteiger partial charge in [-0.1, -0.05) is 23.7 Å². The smallest absolute Gasteiger partial charge is 0.295 e. The van der Waals surface area contributed by atoms with Gasteiger partial charge < -0.3 is 14.7 Å². The predicted octanol–water partition coefficient (Wildman–Crippen LogP) is 2.43. The molecule has 9 heteroatoms. The van der Waals surface area contributed by atoms with E-state index in [9.17, 15) is 14.7 Å². The highest BCUT2D eigenvalue weighted by atomic mass is 35.5. The van der Waals surface area contributed by atoms with Crippen molar-refractivity contribution in [2.45, 2.75) is 19.9 Å². The molecule has 3 heterocycles. The van der Waals surface area contributed by atoms with Gasteiger partial charge in [0.1, 0.15) is 5.76 Å². The molecule has 1 aromatic carbocycles. The van der Waals surface area contributed by atoms with Crippen LogP contribution in [-0.2, 0) is 14.3 Å². The van der Waals surface area contributed by atoms with Crippen molar-refractivity contribution < 1.29 is 19.4 Å². The zero-order valence-electron chi connectivity index (χ0n) is 17.5. The lowest BCUT2D eigenvalue weighted by Crippen LogP contribution is -2.42. The lowest BCUT2D eigenvalue weighted by atomic mass is 9.94. The number of H-pyrrole nitrogens is 1. The number of carbonyl (C=O) groups is 2. The monoisotopic (exact) mass is 444 g/mol. The largest absolute Gasteiger partial charge is 0.507 e. The van der Waals surface area contributed by atoms with E-state index in [2.05, 4.69) is 15.1 Å². The van der Waals surface area contributed by atoms with Gasteiger partial charge >= 0.3 is 0 Å². The van der Waals surface area contributed by atoms with Crippen LogP contribution in [0.5, 0.6) is 0 Å². The maximum atomic E-state index is 13.1. The quantitative estimate of drug-likeness (QED) is 0.417. The number of carbonyl (C=O) groups excluding carboxylic acids is 2.